The van der Waals surface area contributed by atoms with Crippen LogP contribution >= 0.6 is 0 Å². The Morgan fingerprint density at radius 2 is 2.00 bits per heavy atom. The maximum atomic E-state index is 11.5. The first-order valence-electron chi connectivity index (χ1n) is 4.59. The number of carbonyl (C=O) groups excluding carboxylic acids is 2. The van der Waals surface area contributed by atoms with Crippen LogP contribution in [-0.2, 0) is 14.3 Å². The summed E-state index contributed by atoms with van der Waals surface area (Å²) in [5.74, 6) is -0.465. The van der Waals surface area contributed by atoms with Crippen molar-refractivity contribution in [1.29, 1.82) is 0 Å². The third-order valence-corrected chi connectivity index (χ3v) is 2.80. The van der Waals surface area contributed by atoms with E-state index in [9.17, 15) is 9.59 Å². The molecular weight excluding hydrogens is 180 g/mol. The van der Waals surface area contributed by atoms with Crippen LogP contribution in [0.4, 0.5) is 0 Å². The van der Waals surface area contributed by atoms with Gasteiger partial charge in [-0.15, -0.1) is 0 Å². The maximum Gasteiger partial charge on any atom is 0.334 e. The highest BCUT2D eigenvalue weighted by atomic mass is 16.5. The number of ether oxygens (including phenoxy) is 1. The molecule has 0 radical (unpaired) electrons. The highest BCUT2D eigenvalue weighted by Gasteiger charge is 2.45. The standard InChI is InChI=1S/C11H12O3/c1-6-8-7(12)4-5-11(2,3)9(8)14-10(6)13/h4-5,9H,1-3H3/t9-/m1/s1. The number of hydrogen-bond acceptors (Lipinski definition) is 3. The zero-order chi connectivity index (χ0) is 10.5. The first-order valence-corrected chi connectivity index (χ1v) is 4.59. The quantitative estimate of drug-likeness (QED) is 0.545. The Morgan fingerprint density at radius 1 is 1.36 bits per heavy atom. The van der Waals surface area contributed by atoms with Crippen LogP contribution in [0.5, 0.6) is 0 Å². The fraction of sp³-hybridized carbons (Fsp3) is 0.455. The Morgan fingerprint density at radius 3 is 2.57 bits per heavy atom. The number of allylic oxidation sites excluding steroid dienone is 1. The predicted molar refractivity (Wildman–Crippen MR) is 50.5 cm³/mol. The van der Waals surface area contributed by atoms with Gasteiger partial charge in [0.1, 0.15) is 6.10 Å². The van der Waals surface area contributed by atoms with Crippen LogP contribution in [0.25, 0.3) is 0 Å². The van der Waals surface area contributed by atoms with Gasteiger partial charge in [-0.2, -0.15) is 0 Å². The second-order valence-electron chi connectivity index (χ2n) is 4.34. The minimum atomic E-state index is -0.396. The summed E-state index contributed by atoms with van der Waals surface area (Å²) < 4.78 is 5.18. The van der Waals surface area contributed by atoms with Crippen LogP contribution in [0.1, 0.15) is 20.8 Å². The van der Waals surface area contributed by atoms with E-state index in [4.69, 9.17) is 4.74 Å². The molecule has 0 aromatic rings. The number of fused-ring (bicyclic) bond motifs is 1. The Hall–Kier alpha value is -1.38. The van der Waals surface area contributed by atoms with Crippen LogP contribution in [-0.4, -0.2) is 17.9 Å². The third kappa shape index (κ3) is 1.05. The largest absolute Gasteiger partial charge is 0.453 e. The van der Waals surface area contributed by atoms with E-state index in [1.165, 1.54) is 6.08 Å². The average molecular weight is 192 g/mol. The molecule has 3 nitrogen and oxygen atoms in total. The summed E-state index contributed by atoms with van der Waals surface area (Å²) in [4.78, 5) is 22.9. The highest BCUT2D eigenvalue weighted by Crippen LogP contribution is 2.40. The average Bonchev–Trinajstić information content (AvgIpc) is 2.39. The van der Waals surface area contributed by atoms with Gasteiger partial charge >= 0.3 is 5.97 Å². The molecule has 14 heavy (non-hydrogen) atoms. The van der Waals surface area contributed by atoms with Gasteiger partial charge in [0.05, 0.1) is 5.57 Å². The van der Waals surface area contributed by atoms with Gasteiger partial charge in [-0.3, -0.25) is 4.79 Å². The summed E-state index contributed by atoms with van der Waals surface area (Å²) in [6.07, 6.45) is 2.93. The molecule has 0 spiro atoms. The molecule has 0 N–H and O–H groups in total. The first-order chi connectivity index (χ1) is 6.43. The lowest BCUT2D eigenvalue weighted by atomic mass is 9.76. The number of carbonyl (C=O) groups is 2. The molecule has 0 fully saturated rings. The van der Waals surface area contributed by atoms with Crippen molar-refractivity contribution < 1.29 is 14.3 Å². The maximum absolute atomic E-state index is 11.5. The molecule has 0 saturated carbocycles. The predicted octanol–water partition coefficient (Wildman–Crippen LogP) is 1.39. The summed E-state index contributed by atoms with van der Waals surface area (Å²) in [5, 5.41) is 0. The zero-order valence-corrected chi connectivity index (χ0v) is 8.46. The molecule has 1 atom stereocenters. The SMILES string of the molecule is CC1=C2C(=O)C=CC(C)(C)[C@@H]2OC1=O. The summed E-state index contributed by atoms with van der Waals surface area (Å²) >= 11 is 0. The molecule has 0 amide bonds. The molecule has 2 rings (SSSR count). The smallest absolute Gasteiger partial charge is 0.334 e. The topological polar surface area (TPSA) is 43.4 Å². The molecule has 1 heterocycles. The molecule has 0 aromatic heterocycles. The van der Waals surface area contributed by atoms with E-state index in [0.717, 1.165) is 0 Å². The molecule has 2 aliphatic rings. The first kappa shape index (κ1) is 9.19. The van der Waals surface area contributed by atoms with E-state index in [2.05, 4.69) is 0 Å². The Labute approximate surface area is 82.4 Å². The van der Waals surface area contributed by atoms with Crippen LogP contribution in [0, 0.1) is 5.41 Å². The summed E-state index contributed by atoms with van der Waals surface area (Å²) in [6.45, 7) is 5.55. The molecule has 0 bridgehead atoms. The Kier molecular flexibility index (Phi) is 1.68. The molecule has 1 aliphatic carbocycles. The lowest BCUT2D eigenvalue weighted by Crippen LogP contribution is -2.35. The summed E-state index contributed by atoms with van der Waals surface area (Å²) in [5.41, 5.74) is 0.705. The van der Waals surface area contributed by atoms with Crippen LogP contribution in [0.15, 0.2) is 23.3 Å². The van der Waals surface area contributed by atoms with Crippen molar-refractivity contribution in [2.75, 3.05) is 0 Å². The van der Waals surface area contributed by atoms with Crippen molar-refractivity contribution in [2.45, 2.75) is 26.9 Å². The van der Waals surface area contributed by atoms with Crippen molar-refractivity contribution in [3.8, 4) is 0 Å². The lowest BCUT2D eigenvalue weighted by molar-refractivity contribution is -0.143. The Bertz CT molecular complexity index is 385. The molecule has 74 valence electrons. The molecule has 0 unspecified atom stereocenters. The second kappa shape index (κ2) is 2.56. The molecule has 1 aliphatic heterocycles. The second-order valence-corrected chi connectivity index (χ2v) is 4.34. The fourth-order valence-corrected chi connectivity index (χ4v) is 1.87. The van der Waals surface area contributed by atoms with Crippen molar-refractivity contribution in [3.63, 3.8) is 0 Å². The van der Waals surface area contributed by atoms with Gasteiger partial charge in [-0.05, 0) is 13.0 Å². The number of esters is 1. The van der Waals surface area contributed by atoms with E-state index in [-0.39, 0.29) is 17.2 Å². The number of rotatable bonds is 0. The van der Waals surface area contributed by atoms with E-state index in [0.29, 0.717) is 11.1 Å². The van der Waals surface area contributed by atoms with Crippen molar-refractivity contribution in [2.24, 2.45) is 5.41 Å². The van der Waals surface area contributed by atoms with Gasteiger partial charge < -0.3 is 4.74 Å². The molecule has 3 heteroatoms. The molecule has 0 aromatic carbocycles. The van der Waals surface area contributed by atoms with Crippen molar-refractivity contribution in [1.82, 2.24) is 0 Å². The van der Waals surface area contributed by atoms with Gasteiger partial charge in [0.2, 0.25) is 0 Å². The van der Waals surface area contributed by atoms with E-state index in [1.54, 1.807) is 13.0 Å². The van der Waals surface area contributed by atoms with Crippen molar-refractivity contribution >= 4 is 11.8 Å². The van der Waals surface area contributed by atoms with Gasteiger partial charge in [-0.1, -0.05) is 19.9 Å². The normalized spacial score (nSPS) is 29.2. The van der Waals surface area contributed by atoms with Gasteiger partial charge in [0, 0.05) is 11.0 Å². The van der Waals surface area contributed by atoms with E-state index < -0.39 is 6.10 Å². The van der Waals surface area contributed by atoms with Crippen LogP contribution < -0.4 is 0 Å². The van der Waals surface area contributed by atoms with E-state index >= 15 is 0 Å². The number of ketones is 1. The Balaban J connectivity index is 2.57. The lowest BCUT2D eigenvalue weighted by Gasteiger charge is -2.31. The molecular formula is C11H12O3. The van der Waals surface area contributed by atoms with Gasteiger partial charge in [0.25, 0.3) is 0 Å². The zero-order valence-electron chi connectivity index (χ0n) is 8.46. The van der Waals surface area contributed by atoms with E-state index in [1.807, 2.05) is 13.8 Å². The van der Waals surface area contributed by atoms with Gasteiger partial charge in [0.15, 0.2) is 5.78 Å². The monoisotopic (exact) mass is 192 g/mol. The van der Waals surface area contributed by atoms with Gasteiger partial charge in [-0.25, -0.2) is 4.79 Å². The van der Waals surface area contributed by atoms with Crippen LogP contribution in [0.2, 0.25) is 0 Å². The third-order valence-electron chi connectivity index (χ3n) is 2.80. The fourth-order valence-electron chi connectivity index (χ4n) is 1.87. The minimum absolute atomic E-state index is 0.0994. The van der Waals surface area contributed by atoms with Crippen molar-refractivity contribution in [3.05, 3.63) is 23.3 Å². The van der Waals surface area contributed by atoms with Crippen LogP contribution in [0.3, 0.4) is 0 Å². The minimum Gasteiger partial charge on any atom is -0.453 e. The summed E-state index contributed by atoms with van der Waals surface area (Å²) in [6, 6.07) is 0. The summed E-state index contributed by atoms with van der Waals surface area (Å²) in [7, 11) is 0. The molecule has 0 saturated heterocycles. The number of hydrogen-bond donors (Lipinski definition) is 0. The highest BCUT2D eigenvalue weighted by molar-refractivity contribution is 6.13.